The molecule has 0 amide bonds. The summed E-state index contributed by atoms with van der Waals surface area (Å²) < 4.78 is 7.41. The van der Waals surface area contributed by atoms with Gasteiger partial charge in [-0.15, -0.1) is 24.0 Å². The largest absolute Gasteiger partial charge is 0.443 e. The van der Waals surface area contributed by atoms with E-state index in [4.69, 9.17) is 10.2 Å². The Bertz CT molecular complexity index is 1110. The first-order valence-electron chi connectivity index (χ1n) is 10.6. The number of nitrogen functional groups attached to an aromatic ring is 1. The molecule has 0 saturated carbocycles. The number of nitrogens with one attached hydrogen (secondary N) is 2. The first-order chi connectivity index (χ1) is 15.3. The Labute approximate surface area is 211 Å². The normalized spacial score (nSPS) is 11.5. The lowest BCUT2D eigenvalue weighted by Gasteiger charge is -2.13. The second kappa shape index (κ2) is 11.7. The third kappa shape index (κ3) is 6.71. The lowest BCUT2D eigenvalue weighted by atomic mass is 9.94. The lowest BCUT2D eigenvalue weighted by Crippen LogP contribution is -2.37. The third-order valence-electron chi connectivity index (χ3n) is 4.91. The van der Waals surface area contributed by atoms with Crippen LogP contribution in [0.25, 0.3) is 5.69 Å². The third-order valence-corrected chi connectivity index (χ3v) is 4.91. The molecule has 9 nitrogen and oxygen atoms in total. The highest BCUT2D eigenvalue weighted by Crippen LogP contribution is 2.23. The summed E-state index contributed by atoms with van der Waals surface area (Å²) in [7, 11) is 1.71. The summed E-state index contributed by atoms with van der Waals surface area (Å²) in [6, 6.07) is 11.7. The number of benzene rings is 1. The van der Waals surface area contributed by atoms with Gasteiger partial charge < -0.3 is 20.8 Å². The smallest absolute Gasteiger partial charge is 0.213 e. The highest BCUT2D eigenvalue weighted by atomic mass is 127. The van der Waals surface area contributed by atoms with Crippen LogP contribution in [0, 0.1) is 11.3 Å². The van der Waals surface area contributed by atoms with E-state index in [-0.39, 0.29) is 29.4 Å². The predicted molar refractivity (Wildman–Crippen MR) is 140 cm³/mol. The van der Waals surface area contributed by atoms with Crippen LogP contribution in [0.1, 0.15) is 50.1 Å². The summed E-state index contributed by atoms with van der Waals surface area (Å²) in [4.78, 5) is 8.54. The number of rotatable bonds is 7. The van der Waals surface area contributed by atoms with Crippen LogP contribution in [0.3, 0.4) is 0 Å². The van der Waals surface area contributed by atoms with E-state index < -0.39 is 0 Å². The van der Waals surface area contributed by atoms with Gasteiger partial charge >= 0.3 is 0 Å². The van der Waals surface area contributed by atoms with Crippen LogP contribution < -0.4 is 16.4 Å². The van der Waals surface area contributed by atoms with Gasteiger partial charge in [0.25, 0.3) is 0 Å². The Morgan fingerprint density at radius 3 is 2.58 bits per heavy atom. The van der Waals surface area contributed by atoms with Crippen molar-refractivity contribution < 1.29 is 4.42 Å². The molecule has 0 radical (unpaired) electrons. The molecule has 4 N–H and O–H groups in total. The summed E-state index contributed by atoms with van der Waals surface area (Å²) in [5.74, 6) is 2.47. The van der Waals surface area contributed by atoms with E-state index >= 15 is 0 Å². The monoisotopic (exact) mass is 562 g/mol. The number of halogens is 1. The Morgan fingerprint density at radius 1 is 1.24 bits per heavy atom. The Morgan fingerprint density at radius 2 is 1.97 bits per heavy atom. The van der Waals surface area contributed by atoms with Gasteiger partial charge in [0.1, 0.15) is 23.2 Å². The number of nitrogens with zero attached hydrogens (tertiary/aromatic N) is 5. The van der Waals surface area contributed by atoms with Crippen molar-refractivity contribution >= 4 is 35.8 Å². The number of aromatic nitrogens is 3. The zero-order valence-electron chi connectivity index (χ0n) is 19.4. The summed E-state index contributed by atoms with van der Waals surface area (Å²) in [5, 5.41) is 20.5. The van der Waals surface area contributed by atoms with E-state index in [0.717, 1.165) is 17.9 Å². The van der Waals surface area contributed by atoms with Gasteiger partial charge in [0, 0.05) is 19.0 Å². The average Bonchev–Trinajstić information content (AvgIpc) is 3.38. The maximum atomic E-state index is 9.53. The zero-order chi connectivity index (χ0) is 23.1. The van der Waals surface area contributed by atoms with Crippen LogP contribution in [0.2, 0.25) is 0 Å². The molecule has 0 unspecified atom stereocenters. The highest BCUT2D eigenvalue weighted by Gasteiger charge is 2.19. The van der Waals surface area contributed by atoms with Crippen LogP contribution in [-0.2, 0) is 18.4 Å². The summed E-state index contributed by atoms with van der Waals surface area (Å²) >= 11 is 0. The molecule has 10 heteroatoms. The second-order valence-corrected chi connectivity index (χ2v) is 8.39. The van der Waals surface area contributed by atoms with E-state index in [1.54, 1.807) is 17.9 Å². The standard InChI is InChI=1S/C23H30N8O.HI/c1-23(2,3)19-14-28-20(32-19)15-29-22(26-4)27-12-8-11-18-17(13-24)21(25)31(30-18)16-9-6-5-7-10-16;/h5-7,9-10,14H,8,11-12,15,25H2,1-4H3,(H2,26,27,29);1H. The average molecular weight is 562 g/mol. The Kier molecular flexibility index (Phi) is 9.28. The highest BCUT2D eigenvalue weighted by molar-refractivity contribution is 14.0. The lowest BCUT2D eigenvalue weighted by molar-refractivity contribution is 0.379. The molecule has 2 heterocycles. The Hall–Kier alpha value is -3.07. The van der Waals surface area contributed by atoms with E-state index in [0.29, 0.717) is 48.4 Å². The van der Waals surface area contributed by atoms with Crippen molar-refractivity contribution in [3.8, 4) is 11.8 Å². The SMILES string of the molecule is CN=C(NCCCc1nn(-c2ccccc2)c(N)c1C#N)NCc1ncc(C(C)(C)C)o1.I. The molecule has 0 fully saturated rings. The van der Waals surface area contributed by atoms with Gasteiger partial charge in [-0.2, -0.15) is 10.4 Å². The molecular weight excluding hydrogens is 531 g/mol. The minimum absolute atomic E-state index is 0. The van der Waals surface area contributed by atoms with Gasteiger partial charge in [0.05, 0.1) is 24.1 Å². The van der Waals surface area contributed by atoms with Gasteiger partial charge in [-0.25, -0.2) is 9.67 Å². The van der Waals surface area contributed by atoms with E-state index in [2.05, 4.69) is 52.5 Å². The number of aryl methyl sites for hydroxylation is 1. The molecule has 2 aromatic heterocycles. The fraction of sp³-hybridized carbons (Fsp3) is 0.391. The van der Waals surface area contributed by atoms with Gasteiger partial charge in [0.15, 0.2) is 5.96 Å². The number of para-hydroxylation sites is 1. The number of nitrogens with two attached hydrogens (primary N) is 1. The molecule has 0 saturated heterocycles. The van der Waals surface area contributed by atoms with Crippen LogP contribution in [-0.4, -0.2) is 34.3 Å². The van der Waals surface area contributed by atoms with Gasteiger partial charge in [0.2, 0.25) is 5.89 Å². The van der Waals surface area contributed by atoms with Gasteiger partial charge in [-0.1, -0.05) is 39.0 Å². The summed E-state index contributed by atoms with van der Waals surface area (Å²) in [6.45, 7) is 7.34. The molecule has 0 bridgehead atoms. The molecule has 0 aliphatic rings. The summed E-state index contributed by atoms with van der Waals surface area (Å²) in [6.07, 6.45) is 3.14. The topological polar surface area (TPSA) is 130 Å². The van der Waals surface area contributed by atoms with Crippen LogP contribution in [0.5, 0.6) is 0 Å². The molecule has 3 rings (SSSR count). The first kappa shape index (κ1) is 26.2. The number of oxazole rings is 1. The number of hydrogen-bond donors (Lipinski definition) is 3. The molecule has 1 aromatic carbocycles. The maximum Gasteiger partial charge on any atom is 0.213 e. The minimum atomic E-state index is -0.0790. The fourth-order valence-corrected chi connectivity index (χ4v) is 3.12. The van der Waals surface area contributed by atoms with E-state index in [9.17, 15) is 5.26 Å². The van der Waals surface area contributed by atoms with Crippen LogP contribution >= 0.6 is 24.0 Å². The Balaban J connectivity index is 0.00000385. The molecule has 0 spiro atoms. The molecule has 0 atom stereocenters. The van der Waals surface area contributed by atoms with Crippen molar-refractivity contribution in [3.05, 3.63) is 59.4 Å². The van der Waals surface area contributed by atoms with Gasteiger partial charge in [-0.05, 0) is 25.0 Å². The van der Waals surface area contributed by atoms with E-state index in [1.165, 1.54) is 0 Å². The van der Waals surface area contributed by atoms with Crippen LogP contribution in [0.15, 0.2) is 45.9 Å². The molecule has 176 valence electrons. The predicted octanol–water partition coefficient (Wildman–Crippen LogP) is 3.53. The van der Waals surface area contributed by atoms with E-state index in [1.807, 2.05) is 30.3 Å². The molecule has 0 aliphatic carbocycles. The number of anilines is 1. The van der Waals surface area contributed by atoms with Crippen LogP contribution in [0.4, 0.5) is 5.82 Å². The van der Waals surface area contributed by atoms with Crippen molar-refractivity contribution in [1.82, 2.24) is 25.4 Å². The molecular formula is C23H31IN8O. The summed E-state index contributed by atoms with van der Waals surface area (Å²) in [5.41, 5.74) is 8.03. The van der Waals surface area contributed by atoms with Crippen molar-refractivity contribution in [2.45, 2.75) is 45.6 Å². The van der Waals surface area contributed by atoms with Crippen molar-refractivity contribution in [2.24, 2.45) is 4.99 Å². The van der Waals surface area contributed by atoms with Crippen molar-refractivity contribution in [1.29, 1.82) is 5.26 Å². The number of aliphatic imine (C=N–C) groups is 1. The molecule has 33 heavy (non-hydrogen) atoms. The fourth-order valence-electron chi connectivity index (χ4n) is 3.12. The maximum absolute atomic E-state index is 9.53. The zero-order valence-corrected chi connectivity index (χ0v) is 21.8. The number of guanidine groups is 1. The second-order valence-electron chi connectivity index (χ2n) is 8.39. The van der Waals surface area contributed by atoms with Crippen molar-refractivity contribution in [2.75, 3.05) is 19.3 Å². The van der Waals surface area contributed by atoms with Crippen molar-refractivity contribution in [3.63, 3.8) is 0 Å². The first-order valence-corrected chi connectivity index (χ1v) is 10.6. The number of hydrogen-bond acceptors (Lipinski definition) is 6. The minimum Gasteiger partial charge on any atom is -0.443 e. The van der Waals surface area contributed by atoms with Gasteiger partial charge in [-0.3, -0.25) is 4.99 Å². The number of nitriles is 1. The molecule has 3 aromatic rings. The quantitative estimate of drug-likeness (QED) is 0.174. The molecule has 0 aliphatic heterocycles.